The van der Waals surface area contributed by atoms with Crippen molar-refractivity contribution in [3.63, 3.8) is 0 Å². The van der Waals surface area contributed by atoms with Gasteiger partial charge in [0.25, 0.3) is 0 Å². The van der Waals surface area contributed by atoms with Crippen LogP contribution in [0.3, 0.4) is 0 Å². The van der Waals surface area contributed by atoms with E-state index in [0.717, 1.165) is 11.3 Å². The summed E-state index contributed by atoms with van der Waals surface area (Å²) < 4.78 is 0. The van der Waals surface area contributed by atoms with Gasteiger partial charge in [0.05, 0.1) is 5.69 Å². The molecule has 5 rings (SSSR count). The van der Waals surface area contributed by atoms with Crippen molar-refractivity contribution in [2.45, 2.75) is 0 Å². The minimum atomic E-state index is 0.978. The van der Waals surface area contributed by atoms with Crippen LogP contribution in [0.2, 0.25) is 0 Å². The zero-order chi connectivity index (χ0) is 18.8. The molecule has 132 valence electrons. The molecule has 0 atom stereocenters. The lowest BCUT2D eigenvalue weighted by Gasteiger charge is -2.10. The Morgan fingerprint density at radius 3 is 2.11 bits per heavy atom. The van der Waals surface area contributed by atoms with Crippen molar-refractivity contribution >= 4 is 33.2 Å². The first-order valence-corrected chi connectivity index (χ1v) is 9.48. The lowest BCUT2D eigenvalue weighted by molar-refractivity contribution is 1.28. The van der Waals surface area contributed by atoms with E-state index < -0.39 is 0 Å². The van der Waals surface area contributed by atoms with Crippen molar-refractivity contribution in [3.8, 4) is 0 Å². The van der Waals surface area contributed by atoms with E-state index in [1.54, 1.807) is 0 Å². The molecule has 28 heavy (non-hydrogen) atoms. The maximum Gasteiger partial charge on any atom is 0.0708 e. The minimum Gasteiger partial charge on any atom is -0.256 e. The van der Waals surface area contributed by atoms with E-state index in [4.69, 9.17) is 0 Å². The lowest BCUT2D eigenvalue weighted by Crippen LogP contribution is -1.91. The second kappa shape index (κ2) is 7.13. The Kier molecular flexibility index (Phi) is 4.19. The monoisotopic (exact) mass is 357 g/mol. The third-order valence-electron chi connectivity index (χ3n) is 5.11. The molecule has 1 heteroatoms. The average molecular weight is 357 g/mol. The van der Waals surface area contributed by atoms with Crippen LogP contribution >= 0.6 is 0 Å². The quantitative estimate of drug-likeness (QED) is 0.251. The molecule has 0 fully saturated rings. The van der Waals surface area contributed by atoms with E-state index in [2.05, 4.69) is 96.0 Å². The number of pyridine rings is 1. The highest BCUT2D eigenvalue weighted by molar-refractivity contribution is 6.04. The highest BCUT2D eigenvalue weighted by atomic mass is 14.7. The molecule has 4 aromatic carbocycles. The number of fused-ring (bicyclic) bond motifs is 2. The Bertz CT molecular complexity index is 1240. The Morgan fingerprint density at radius 2 is 1.32 bits per heavy atom. The zero-order valence-corrected chi connectivity index (χ0v) is 15.4. The number of hydrogen-bond donors (Lipinski definition) is 0. The molecule has 0 saturated heterocycles. The number of rotatable bonds is 3. The first-order chi connectivity index (χ1) is 13.9. The number of nitrogens with zero attached hydrogens (tertiary/aromatic N) is 1. The Morgan fingerprint density at radius 1 is 0.607 bits per heavy atom. The van der Waals surface area contributed by atoms with Crippen LogP contribution in [-0.4, -0.2) is 4.98 Å². The average Bonchev–Trinajstić information content (AvgIpc) is 2.77. The van der Waals surface area contributed by atoms with Crippen LogP contribution < -0.4 is 0 Å². The maximum absolute atomic E-state index is 4.61. The minimum absolute atomic E-state index is 0.978. The molecule has 0 aliphatic rings. The standard InChI is InChI=1S/C27H19N/c1-2-9-20(10-3-1)26(27-15-6-7-16-28-27)19-24-14-8-13-23-17-21-11-4-5-12-22(21)18-25(23)24/h1-19H/b26-19+. The molecular weight excluding hydrogens is 338 g/mol. The third-order valence-corrected chi connectivity index (χ3v) is 5.11. The van der Waals surface area contributed by atoms with Gasteiger partial charge in [0, 0.05) is 11.8 Å². The van der Waals surface area contributed by atoms with E-state index in [9.17, 15) is 0 Å². The number of aromatic nitrogens is 1. The van der Waals surface area contributed by atoms with Crippen LogP contribution in [0.4, 0.5) is 0 Å². The molecule has 1 heterocycles. The smallest absolute Gasteiger partial charge is 0.0708 e. The molecule has 0 bridgehead atoms. The molecular formula is C27H19N. The van der Waals surface area contributed by atoms with Gasteiger partial charge in [-0.25, -0.2) is 0 Å². The van der Waals surface area contributed by atoms with Crippen molar-refractivity contribution in [2.75, 3.05) is 0 Å². The van der Waals surface area contributed by atoms with E-state index in [1.807, 2.05) is 24.4 Å². The van der Waals surface area contributed by atoms with Crippen molar-refractivity contribution < 1.29 is 0 Å². The maximum atomic E-state index is 4.61. The summed E-state index contributed by atoms with van der Waals surface area (Å²) in [6, 6.07) is 36.1. The van der Waals surface area contributed by atoms with E-state index in [1.165, 1.54) is 32.7 Å². The van der Waals surface area contributed by atoms with Gasteiger partial charge in [-0.2, -0.15) is 0 Å². The van der Waals surface area contributed by atoms with Gasteiger partial charge in [0.15, 0.2) is 0 Å². The highest BCUT2D eigenvalue weighted by Crippen LogP contribution is 2.30. The van der Waals surface area contributed by atoms with Gasteiger partial charge < -0.3 is 0 Å². The Balaban J connectivity index is 1.77. The van der Waals surface area contributed by atoms with Crippen LogP contribution in [0.15, 0.2) is 109 Å². The van der Waals surface area contributed by atoms with E-state index in [-0.39, 0.29) is 0 Å². The van der Waals surface area contributed by atoms with Crippen LogP contribution in [0.25, 0.3) is 33.2 Å². The summed E-state index contributed by atoms with van der Waals surface area (Å²) in [5, 5.41) is 5.03. The molecule has 0 saturated carbocycles. The summed E-state index contributed by atoms with van der Waals surface area (Å²) >= 11 is 0. The number of benzene rings is 4. The van der Waals surface area contributed by atoms with Crippen LogP contribution in [0, 0.1) is 0 Å². The molecule has 5 aromatic rings. The van der Waals surface area contributed by atoms with Crippen LogP contribution in [0.1, 0.15) is 16.8 Å². The zero-order valence-electron chi connectivity index (χ0n) is 15.4. The van der Waals surface area contributed by atoms with Crippen LogP contribution in [-0.2, 0) is 0 Å². The third kappa shape index (κ3) is 3.08. The summed E-state index contributed by atoms with van der Waals surface area (Å²) in [5.74, 6) is 0. The van der Waals surface area contributed by atoms with Crippen molar-refractivity contribution in [3.05, 3.63) is 126 Å². The lowest BCUT2D eigenvalue weighted by atomic mass is 9.95. The topological polar surface area (TPSA) is 12.9 Å². The molecule has 0 aliphatic carbocycles. The SMILES string of the molecule is C(=C(/c1ccccc1)c1ccccn1)/c1cccc2cc3ccccc3cc12. The second-order valence-electron chi connectivity index (χ2n) is 6.91. The fraction of sp³-hybridized carbons (Fsp3) is 0. The van der Waals surface area contributed by atoms with Gasteiger partial charge in [0.2, 0.25) is 0 Å². The first kappa shape index (κ1) is 16.5. The summed E-state index contributed by atoms with van der Waals surface area (Å²) in [6.07, 6.45) is 4.11. The van der Waals surface area contributed by atoms with Crippen molar-refractivity contribution in [1.82, 2.24) is 4.98 Å². The van der Waals surface area contributed by atoms with Gasteiger partial charge in [-0.05, 0) is 63.0 Å². The molecule has 0 amide bonds. The molecule has 0 aliphatic heterocycles. The predicted molar refractivity (Wildman–Crippen MR) is 119 cm³/mol. The van der Waals surface area contributed by atoms with E-state index >= 15 is 0 Å². The van der Waals surface area contributed by atoms with Gasteiger partial charge in [0.1, 0.15) is 0 Å². The van der Waals surface area contributed by atoms with Crippen molar-refractivity contribution in [2.24, 2.45) is 0 Å². The fourth-order valence-electron chi connectivity index (χ4n) is 3.72. The normalized spacial score (nSPS) is 11.8. The summed E-state index contributed by atoms with van der Waals surface area (Å²) in [6.45, 7) is 0. The first-order valence-electron chi connectivity index (χ1n) is 9.48. The predicted octanol–water partition coefficient (Wildman–Crippen LogP) is 6.98. The van der Waals surface area contributed by atoms with Gasteiger partial charge in [-0.3, -0.25) is 4.98 Å². The van der Waals surface area contributed by atoms with Gasteiger partial charge in [-0.1, -0.05) is 78.9 Å². The summed E-state index contributed by atoms with van der Waals surface area (Å²) in [5.41, 5.74) is 4.47. The Hall–Kier alpha value is -3.71. The number of hydrogen-bond acceptors (Lipinski definition) is 1. The highest BCUT2D eigenvalue weighted by Gasteiger charge is 2.08. The summed E-state index contributed by atoms with van der Waals surface area (Å²) in [4.78, 5) is 4.61. The van der Waals surface area contributed by atoms with Crippen LogP contribution in [0.5, 0.6) is 0 Å². The fourth-order valence-corrected chi connectivity index (χ4v) is 3.72. The molecule has 1 nitrogen and oxygen atoms in total. The second-order valence-corrected chi connectivity index (χ2v) is 6.91. The molecule has 0 spiro atoms. The largest absolute Gasteiger partial charge is 0.256 e. The van der Waals surface area contributed by atoms with Crippen molar-refractivity contribution in [1.29, 1.82) is 0 Å². The molecule has 0 unspecified atom stereocenters. The molecule has 1 aromatic heterocycles. The molecule has 0 N–H and O–H groups in total. The van der Waals surface area contributed by atoms with Gasteiger partial charge in [-0.15, -0.1) is 0 Å². The van der Waals surface area contributed by atoms with Gasteiger partial charge >= 0.3 is 0 Å². The Labute approximate surface area is 164 Å². The molecule has 0 radical (unpaired) electrons. The summed E-state index contributed by atoms with van der Waals surface area (Å²) in [7, 11) is 0. The van der Waals surface area contributed by atoms with E-state index in [0.29, 0.717) is 0 Å².